The molecule has 0 aromatic rings. The Morgan fingerprint density at radius 1 is 1.15 bits per heavy atom. The number of carboxylic acids is 2. The predicted octanol–water partition coefficient (Wildman–Crippen LogP) is -3.01. The van der Waals surface area contributed by atoms with Crippen molar-refractivity contribution in [2.45, 2.75) is 13.8 Å². The number of carboxylic acid groups (broad SMARTS) is 3. The molecule has 0 spiro atoms. The van der Waals surface area contributed by atoms with Crippen molar-refractivity contribution in [3.05, 3.63) is 0 Å². The Morgan fingerprint density at radius 2 is 1.15 bits per heavy atom. The Kier molecular flexibility index (Phi) is 67.0. The largest absolute Gasteiger partial charge is 2.00 e. The van der Waals surface area contributed by atoms with Crippen LogP contribution >= 0.6 is 0 Å². The molecule has 0 aromatic carbocycles. The second kappa shape index (κ2) is 29.7. The summed E-state index contributed by atoms with van der Waals surface area (Å²) in [4.78, 5) is 26.1. The molecular weight excluding hydrogens is 258 g/mol. The van der Waals surface area contributed by atoms with E-state index in [0.29, 0.717) is 0 Å². The monoisotopic (exact) mass is 269 g/mol. The molecular formula is C5H11NO6Sr. The summed E-state index contributed by atoms with van der Waals surface area (Å²) in [5, 5.41) is 24.7. The normalized spacial score (nSPS) is 4.77. The smallest absolute Gasteiger partial charge is 0.550 e. The fourth-order valence-electron chi connectivity index (χ4n) is 0. The Hall–Kier alpha value is -0.149. The third-order valence-corrected chi connectivity index (χ3v) is 0. The zero-order valence-corrected chi connectivity index (χ0v) is 11.0. The minimum atomic E-state index is -1.08. The van der Waals surface area contributed by atoms with Gasteiger partial charge in [0, 0.05) is 11.9 Å². The van der Waals surface area contributed by atoms with Gasteiger partial charge in [-0.3, -0.25) is 4.79 Å². The van der Waals surface area contributed by atoms with Gasteiger partial charge < -0.3 is 31.1 Å². The predicted molar refractivity (Wildman–Crippen MR) is 40.8 cm³/mol. The molecule has 0 aromatic heterocycles. The summed E-state index contributed by atoms with van der Waals surface area (Å²) < 4.78 is 0. The quantitative estimate of drug-likeness (QED) is 0.350. The van der Waals surface area contributed by atoms with Crippen LogP contribution in [0.5, 0.6) is 0 Å². The fourth-order valence-corrected chi connectivity index (χ4v) is 0. The molecule has 0 bridgehead atoms. The van der Waals surface area contributed by atoms with Crippen molar-refractivity contribution < 1.29 is 29.7 Å². The summed E-state index contributed by atoms with van der Waals surface area (Å²) in [7, 11) is 0. The zero-order valence-electron chi connectivity index (χ0n) is 7.48. The van der Waals surface area contributed by atoms with E-state index >= 15 is 0 Å². The molecule has 0 aliphatic heterocycles. The molecule has 13 heavy (non-hydrogen) atoms. The molecule has 8 heteroatoms. The van der Waals surface area contributed by atoms with Gasteiger partial charge in [0.05, 0.1) is 0 Å². The minimum absolute atomic E-state index is 0. The van der Waals surface area contributed by atoms with Crippen molar-refractivity contribution in [2.75, 3.05) is 0 Å². The number of hydrogen-bond donors (Lipinski definition) is 2. The standard InChI is InChI=1S/2C2H4O2.CH2O2.H3N.Sr/c2*1-2(3)4;2-1-3;;/h2*1H3,(H,3,4);1H,(H,2,3);1H3;/q;;;;+2/p-2. The summed E-state index contributed by atoms with van der Waals surface area (Å²) in [6, 6.07) is 0. The molecule has 0 rings (SSSR count). The van der Waals surface area contributed by atoms with Crippen LogP contribution in [0.3, 0.4) is 0 Å². The number of aliphatic carboxylic acids is 2. The van der Waals surface area contributed by atoms with Gasteiger partial charge in [0.2, 0.25) is 0 Å². The fraction of sp³-hybridized carbons (Fsp3) is 0.400. The van der Waals surface area contributed by atoms with Crippen molar-refractivity contribution in [3.8, 4) is 0 Å². The van der Waals surface area contributed by atoms with Crippen LogP contribution in [0.1, 0.15) is 13.8 Å². The van der Waals surface area contributed by atoms with Crippen molar-refractivity contribution in [3.63, 3.8) is 0 Å². The van der Waals surface area contributed by atoms with Crippen LogP contribution in [0.15, 0.2) is 0 Å². The molecule has 0 atom stereocenters. The van der Waals surface area contributed by atoms with Gasteiger partial charge in [0.25, 0.3) is 6.47 Å². The van der Waals surface area contributed by atoms with E-state index in [-0.39, 0.29) is 58.1 Å². The molecule has 7 nitrogen and oxygen atoms in total. The van der Waals surface area contributed by atoms with Crippen LogP contribution in [0.2, 0.25) is 0 Å². The Balaban J connectivity index is -0.0000000231. The van der Waals surface area contributed by atoms with Crippen molar-refractivity contribution in [1.82, 2.24) is 6.15 Å². The summed E-state index contributed by atoms with van der Waals surface area (Å²) >= 11 is 0. The van der Waals surface area contributed by atoms with Gasteiger partial charge in [0.15, 0.2) is 0 Å². The van der Waals surface area contributed by atoms with Crippen LogP contribution in [0.25, 0.3) is 0 Å². The number of carbonyl (C=O) groups excluding carboxylic acids is 2. The molecule has 0 unspecified atom stereocenters. The molecule has 0 saturated heterocycles. The first-order valence-electron chi connectivity index (χ1n) is 2.31. The molecule has 4 N–H and O–H groups in total. The maximum Gasteiger partial charge on any atom is 2.00 e. The van der Waals surface area contributed by atoms with Gasteiger partial charge in [-0.2, -0.15) is 0 Å². The van der Waals surface area contributed by atoms with Crippen LogP contribution in [0.4, 0.5) is 0 Å². The van der Waals surface area contributed by atoms with Crippen molar-refractivity contribution >= 4 is 63.9 Å². The van der Waals surface area contributed by atoms with E-state index in [1.807, 2.05) is 0 Å². The van der Waals surface area contributed by atoms with E-state index in [4.69, 9.17) is 29.7 Å². The molecule has 74 valence electrons. The molecule has 0 heterocycles. The SMILES string of the molecule is CC(=O)[O-].CC(=O)[O-].N.O=CO.[Sr+2]. The van der Waals surface area contributed by atoms with Gasteiger partial charge in [-0.05, 0) is 13.8 Å². The first-order chi connectivity index (χ1) is 4.88. The van der Waals surface area contributed by atoms with Crippen LogP contribution < -0.4 is 16.4 Å². The molecule has 0 aliphatic carbocycles. The number of carbonyl (C=O) groups is 3. The second-order valence-corrected chi connectivity index (χ2v) is 1.09. The van der Waals surface area contributed by atoms with Gasteiger partial charge in [-0.25, -0.2) is 0 Å². The van der Waals surface area contributed by atoms with Gasteiger partial charge >= 0.3 is 45.5 Å². The van der Waals surface area contributed by atoms with Gasteiger partial charge in [-0.15, -0.1) is 0 Å². The maximum absolute atomic E-state index is 8.89. The summed E-state index contributed by atoms with van der Waals surface area (Å²) in [6.45, 7) is 1.69. The van der Waals surface area contributed by atoms with E-state index in [1.54, 1.807) is 0 Å². The number of hydrogen-bond acceptors (Lipinski definition) is 6. The van der Waals surface area contributed by atoms with E-state index < -0.39 is 11.9 Å². The molecule has 0 aliphatic rings. The molecule has 0 amide bonds. The topological polar surface area (TPSA) is 153 Å². The van der Waals surface area contributed by atoms with Crippen LogP contribution in [-0.4, -0.2) is 69.0 Å². The maximum atomic E-state index is 8.89. The van der Waals surface area contributed by atoms with Crippen LogP contribution in [-0.2, 0) is 14.4 Å². The van der Waals surface area contributed by atoms with E-state index in [1.165, 1.54) is 0 Å². The Labute approximate surface area is 113 Å². The van der Waals surface area contributed by atoms with Crippen molar-refractivity contribution in [2.24, 2.45) is 0 Å². The summed E-state index contributed by atoms with van der Waals surface area (Å²) in [5.74, 6) is -2.17. The van der Waals surface area contributed by atoms with E-state index in [2.05, 4.69) is 0 Å². The van der Waals surface area contributed by atoms with Gasteiger partial charge in [0.1, 0.15) is 0 Å². The van der Waals surface area contributed by atoms with Crippen LogP contribution in [0, 0.1) is 0 Å². The Morgan fingerprint density at radius 3 is 1.15 bits per heavy atom. The van der Waals surface area contributed by atoms with Crippen molar-refractivity contribution in [1.29, 1.82) is 0 Å². The van der Waals surface area contributed by atoms with Gasteiger partial charge in [-0.1, -0.05) is 0 Å². The zero-order chi connectivity index (χ0) is 9.86. The molecule has 0 radical (unpaired) electrons. The minimum Gasteiger partial charge on any atom is -0.550 e. The summed E-state index contributed by atoms with van der Waals surface area (Å²) in [6.07, 6.45) is 0. The first kappa shape index (κ1) is 29.3. The van der Waals surface area contributed by atoms with E-state index in [0.717, 1.165) is 13.8 Å². The Bertz CT molecular complexity index is 108. The molecule has 0 saturated carbocycles. The third-order valence-electron chi connectivity index (χ3n) is 0. The van der Waals surface area contributed by atoms with E-state index in [9.17, 15) is 0 Å². The average molecular weight is 269 g/mol. The summed E-state index contributed by atoms with van der Waals surface area (Å²) in [5.41, 5.74) is 0. The second-order valence-electron chi connectivity index (χ2n) is 1.09. The first-order valence-corrected chi connectivity index (χ1v) is 2.31. The molecule has 0 fully saturated rings. The average Bonchev–Trinajstić information content (AvgIpc) is 1.60. The number of rotatable bonds is 0. The third kappa shape index (κ3) is 51500.